The minimum Gasteiger partial charge on any atom is -0.397 e. The highest BCUT2D eigenvalue weighted by atomic mass is 16.2. The van der Waals surface area contributed by atoms with Crippen LogP contribution in [-0.2, 0) is 0 Å². The van der Waals surface area contributed by atoms with Gasteiger partial charge in [-0.05, 0) is 17.7 Å². The molecule has 0 spiro atoms. The van der Waals surface area contributed by atoms with Crippen molar-refractivity contribution in [2.24, 2.45) is 0 Å². The van der Waals surface area contributed by atoms with Gasteiger partial charge < -0.3 is 22.1 Å². The van der Waals surface area contributed by atoms with E-state index >= 15 is 0 Å². The monoisotopic (exact) mass is 221 g/mol. The van der Waals surface area contributed by atoms with Crippen LogP contribution in [0.5, 0.6) is 0 Å². The molecule has 1 aromatic carbocycles. The largest absolute Gasteiger partial charge is 0.397 e. The fraction of sp³-hybridized carbons (Fsp3) is 0.111. The van der Waals surface area contributed by atoms with Crippen molar-refractivity contribution in [3.8, 4) is 0 Å². The number of rotatable bonds is 1. The molecule has 1 heterocycles. The second-order valence-corrected chi connectivity index (χ2v) is 3.39. The van der Waals surface area contributed by atoms with Gasteiger partial charge in [0.2, 0.25) is 0 Å². The van der Waals surface area contributed by atoms with Gasteiger partial charge in [0.25, 0.3) is 0 Å². The summed E-state index contributed by atoms with van der Waals surface area (Å²) in [5.74, 6) is 0. The van der Waals surface area contributed by atoms with Gasteiger partial charge in [-0.2, -0.15) is 0 Å². The first-order valence-electron chi connectivity index (χ1n) is 4.59. The predicted molar refractivity (Wildman–Crippen MR) is 58.2 cm³/mol. The Kier molecular flexibility index (Phi) is 2.28. The molecule has 1 fully saturated rings. The second-order valence-electron chi connectivity index (χ2n) is 3.39. The number of nitrogens with one attached hydrogen (secondary N) is 3. The topological polar surface area (TPSA) is 122 Å². The van der Waals surface area contributed by atoms with Crippen LogP contribution in [0.15, 0.2) is 18.2 Å². The van der Waals surface area contributed by atoms with Gasteiger partial charge in [0, 0.05) is 0 Å². The number of hydrogen-bond donors (Lipinski definition) is 5. The first kappa shape index (κ1) is 10.1. The van der Waals surface area contributed by atoms with Crippen molar-refractivity contribution in [3.63, 3.8) is 0 Å². The lowest BCUT2D eigenvalue weighted by atomic mass is 10.1. The lowest BCUT2D eigenvalue weighted by Crippen LogP contribution is -2.56. The average Bonchev–Trinajstić information content (AvgIpc) is 2.20. The van der Waals surface area contributed by atoms with E-state index in [2.05, 4.69) is 10.6 Å². The summed E-state index contributed by atoms with van der Waals surface area (Å²) in [6, 6.07) is 3.80. The van der Waals surface area contributed by atoms with Crippen molar-refractivity contribution in [1.29, 1.82) is 0 Å². The van der Waals surface area contributed by atoms with E-state index in [0.717, 1.165) is 0 Å². The molecule has 84 valence electrons. The molecule has 0 aliphatic carbocycles. The summed E-state index contributed by atoms with van der Waals surface area (Å²) in [4.78, 5) is 22.1. The maximum atomic E-state index is 11.1. The van der Waals surface area contributed by atoms with Gasteiger partial charge in [0.1, 0.15) is 6.17 Å². The summed E-state index contributed by atoms with van der Waals surface area (Å²) >= 11 is 0. The van der Waals surface area contributed by atoms with E-state index < -0.39 is 18.2 Å². The van der Waals surface area contributed by atoms with E-state index in [1.165, 1.54) is 0 Å². The Hall–Kier alpha value is -2.44. The van der Waals surface area contributed by atoms with Crippen molar-refractivity contribution in [1.82, 2.24) is 16.0 Å². The number of carbonyl (C=O) groups excluding carboxylic acids is 2. The summed E-state index contributed by atoms with van der Waals surface area (Å²) in [5.41, 5.74) is 12.7. The number of urea groups is 2. The summed E-state index contributed by atoms with van der Waals surface area (Å²) in [7, 11) is 0. The summed E-state index contributed by atoms with van der Waals surface area (Å²) in [6.07, 6.45) is -0.593. The third-order valence-corrected chi connectivity index (χ3v) is 2.22. The third kappa shape index (κ3) is 1.83. The van der Waals surface area contributed by atoms with Crippen LogP contribution in [0.25, 0.3) is 0 Å². The summed E-state index contributed by atoms with van der Waals surface area (Å²) in [6.45, 7) is 0. The zero-order chi connectivity index (χ0) is 11.7. The molecule has 7 heteroatoms. The first-order chi connectivity index (χ1) is 7.56. The Balaban J connectivity index is 2.26. The predicted octanol–water partition coefficient (Wildman–Crippen LogP) is -0.128. The van der Waals surface area contributed by atoms with Gasteiger partial charge in [-0.25, -0.2) is 9.59 Å². The fourth-order valence-corrected chi connectivity index (χ4v) is 1.41. The molecule has 1 saturated heterocycles. The maximum absolute atomic E-state index is 11.1. The Bertz CT molecular complexity index is 443. The molecule has 7 nitrogen and oxygen atoms in total. The molecule has 0 radical (unpaired) electrons. The van der Waals surface area contributed by atoms with Crippen molar-refractivity contribution in [3.05, 3.63) is 23.8 Å². The fourth-order valence-electron chi connectivity index (χ4n) is 1.41. The van der Waals surface area contributed by atoms with Gasteiger partial charge in [0.05, 0.1) is 11.4 Å². The zero-order valence-electron chi connectivity index (χ0n) is 8.28. The van der Waals surface area contributed by atoms with Crippen LogP contribution in [0.4, 0.5) is 21.0 Å². The van der Waals surface area contributed by atoms with Crippen molar-refractivity contribution >= 4 is 23.4 Å². The van der Waals surface area contributed by atoms with Gasteiger partial charge in [-0.3, -0.25) is 5.32 Å². The molecule has 7 N–H and O–H groups in total. The lowest BCUT2D eigenvalue weighted by Gasteiger charge is -2.25. The first-order valence-corrected chi connectivity index (χ1v) is 4.59. The van der Waals surface area contributed by atoms with Crippen LogP contribution in [0, 0.1) is 0 Å². The van der Waals surface area contributed by atoms with E-state index in [4.69, 9.17) is 11.5 Å². The highest BCUT2D eigenvalue weighted by Crippen LogP contribution is 2.20. The molecular weight excluding hydrogens is 210 g/mol. The highest BCUT2D eigenvalue weighted by Gasteiger charge is 2.23. The number of carbonyl (C=O) groups is 2. The normalized spacial score (nSPS) is 16.2. The number of hydrogen-bond acceptors (Lipinski definition) is 4. The summed E-state index contributed by atoms with van der Waals surface area (Å²) < 4.78 is 0. The van der Waals surface area contributed by atoms with E-state index in [1.807, 2.05) is 5.32 Å². The third-order valence-electron chi connectivity index (χ3n) is 2.22. The standard InChI is InChI=1S/C9H11N5O2/c10-5-2-1-4(3-6(5)11)7-12-8(15)14-9(16)13-7/h1-3,7H,10-11H2,(H3,12,13,14,15,16). The molecule has 1 aliphatic rings. The summed E-state index contributed by atoms with van der Waals surface area (Å²) in [5, 5.41) is 7.11. The SMILES string of the molecule is Nc1ccc(C2NC(=O)NC(=O)N2)cc1N. The Morgan fingerprint density at radius 3 is 2.19 bits per heavy atom. The molecule has 4 amide bonds. The Morgan fingerprint density at radius 1 is 1.00 bits per heavy atom. The van der Waals surface area contributed by atoms with Crippen molar-refractivity contribution < 1.29 is 9.59 Å². The Morgan fingerprint density at radius 2 is 1.62 bits per heavy atom. The molecule has 2 rings (SSSR count). The minimum absolute atomic E-state index is 0.402. The maximum Gasteiger partial charge on any atom is 0.324 e. The lowest BCUT2D eigenvalue weighted by molar-refractivity contribution is 0.209. The van der Waals surface area contributed by atoms with E-state index in [1.54, 1.807) is 18.2 Å². The number of amides is 4. The highest BCUT2D eigenvalue weighted by molar-refractivity contribution is 5.96. The Labute approximate surface area is 91.2 Å². The van der Waals surface area contributed by atoms with Gasteiger partial charge in [0.15, 0.2) is 0 Å². The molecule has 0 atom stereocenters. The van der Waals surface area contributed by atoms with Crippen LogP contribution in [-0.4, -0.2) is 12.1 Å². The number of nitrogen functional groups attached to an aromatic ring is 2. The van der Waals surface area contributed by atoms with E-state index in [0.29, 0.717) is 16.9 Å². The molecule has 0 aromatic heterocycles. The van der Waals surface area contributed by atoms with Crippen LogP contribution in [0.2, 0.25) is 0 Å². The van der Waals surface area contributed by atoms with Gasteiger partial charge in [-0.1, -0.05) is 6.07 Å². The van der Waals surface area contributed by atoms with Gasteiger partial charge in [-0.15, -0.1) is 0 Å². The van der Waals surface area contributed by atoms with Crippen LogP contribution < -0.4 is 27.4 Å². The number of benzene rings is 1. The second kappa shape index (κ2) is 3.61. The molecule has 0 saturated carbocycles. The average molecular weight is 221 g/mol. The van der Waals surface area contributed by atoms with Crippen molar-refractivity contribution in [2.45, 2.75) is 6.17 Å². The number of imide groups is 1. The van der Waals surface area contributed by atoms with Crippen LogP contribution >= 0.6 is 0 Å². The van der Waals surface area contributed by atoms with E-state index in [9.17, 15) is 9.59 Å². The zero-order valence-corrected chi connectivity index (χ0v) is 8.28. The quantitative estimate of drug-likeness (QED) is 0.424. The van der Waals surface area contributed by atoms with Gasteiger partial charge >= 0.3 is 12.1 Å². The van der Waals surface area contributed by atoms with Crippen molar-refractivity contribution in [2.75, 3.05) is 11.5 Å². The molecule has 1 aliphatic heterocycles. The van der Waals surface area contributed by atoms with Crippen LogP contribution in [0.3, 0.4) is 0 Å². The molecule has 0 unspecified atom stereocenters. The molecular formula is C9H11N5O2. The number of nitrogens with two attached hydrogens (primary N) is 2. The van der Waals surface area contributed by atoms with Crippen LogP contribution in [0.1, 0.15) is 11.7 Å². The number of anilines is 2. The molecule has 1 aromatic rings. The minimum atomic E-state index is -0.593. The smallest absolute Gasteiger partial charge is 0.324 e. The van der Waals surface area contributed by atoms with E-state index in [-0.39, 0.29) is 0 Å². The molecule has 0 bridgehead atoms. The molecule has 16 heavy (non-hydrogen) atoms.